The fraction of sp³-hybridized carbons (Fsp3) is 0.133. The molecule has 0 radical (unpaired) electrons. The van der Waals surface area contributed by atoms with Crippen molar-refractivity contribution in [3.8, 4) is 11.5 Å². The van der Waals surface area contributed by atoms with E-state index in [1.807, 2.05) is 29.1 Å². The highest BCUT2D eigenvalue weighted by atomic mass is 16.3. The molecule has 0 bridgehead atoms. The normalized spacial score (nSPS) is 10.8. The summed E-state index contributed by atoms with van der Waals surface area (Å²) < 4.78 is 7.16. The van der Waals surface area contributed by atoms with E-state index in [1.165, 1.54) is 11.1 Å². The van der Waals surface area contributed by atoms with Gasteiger partial charge in [0.05, 0.1) is 18.5 Å². The van der Waals surface area contributed by atoms with E-state index in [-0.39, 0.29) is 0 Å². The van der Waals surface area contributed by atoms with Crippen molar-refractivity contribution in [2.24, 2.45) is 0 Å². The van der Waals surface area contributed by atoms with Crippen LogP contribution in [0, 0.1) is 6.92 Å². The minimum atomic E-state index is 0.627. The third kappa shape index (κ3) is 2.38. The molecule has 1 aromatic carbocycles. The first kappa shape index (κ1) is 11.6. The van der Waals surface area contributed by atoms with Gasteiger partial charge in [-0.15, -0.1) is 0 Å². The summed E-state index contributed by atoms with van der Waals surface area (Å²) >= 11 is 0. The van der Waals surface area contributed by atoms with Crippen LogP contribution >= 0.6 is 0 Å². The number of benzene rings is 1. The van der Waals surface area contributed by atoms with E-state index in [0.29, 0.717) is 23.7 Å². The molecule has 0 aliphatic carbocycles. The van der Waals surface area contributed by atoms with Crippen molar-refractivity contribution in [3.05, 3.63) is 60.0 Å². The minimum absolute atomic E-state index is 0.627. The third-order valence-electron chi connectivity index (χ3n) is 2.97. The maximum atomic E-state index is 5.97. The van der Waals surface area contributed by atoms with Gasteiger partial charge < -0.3 is 10.2 Å². The molecule has 2 N–H and O–H groups in total. The van der Waals surface area contributed by atoms with Gasteiger partial charge in [-0.2, -0.15) is 5.10 Å². The molecular formula is C15H15N3O. The Morgan fingerprint density at radius 1 is 1.26 bits per heavy atom. The Balaban J connectivity index is 1.89. The van der Waals surface area contributed by atoms with Gasteiger partial charge in [0.1, 0.15) is 0 Å². The Kier molecular flexibility index (Phi) is 2.83. The van der Waals surface area contributed by atoms with Gasteiger partial charge >= 0.3 is 0 Å². The van der Waals surface area contributed by atoms with E-state index >= 15 is 0 Å². The number of hydrogen-bond donors (Lipinski definition) is 1. The molecule has 0 saturated carbocycles. The summed E-state index contributed by atoms with van der Waals surface area (Å²) in [5.74, 6) is 0.695. The molecule has 2 aromatic heterocycles. The number of aryl methyl sites for hydroxylation is 1. The molecule has 19 heavy (non-hydrogen) atoms. The molecule has 4 heteroatoms. The summed E-state index contributed by atoms with van der Waals surface area (Å²) in [6.07, 6.45) is 3.45. The van der Waals surface area contributed by atoms with Crippen LogP contribution in [0.5, 0.6) is 0 Å². The molecule has 0 amide bonds. The maximum absolute atomic E-state index is 5.97. The molecule has 3 rings (SSSR count). The summed E-state index contributed by atoms with van der Waals surface area (Å²) in [4.78, 5) is 0. The molecule has 2 heterocycles. The average molecular weight is 253 g/mol. The Morgan fingerprint density at radius 3 is 2.89 bits per heavy atom. The molecule has 96 valence electrons. The molecule has 0 saturated heterocycles. The zero-order chi connectivity index (χ0) is 13.2. The molecule has 0 fully saturated rings. The molecular weight excluding hydrogens is 238 g/mol. The number of nitrogens with zero attached hydrogens (tertiary/aromatic N) is 2. The monoisotopic (exact) mass is 253 g/mol. The van der Waals surface area contributed by atoms with Crippen molar-refractivity contribution in [2.45, 2.75) is 13.5 Å². The van der Waals surface area contributed by atoms with Crippen LogP contribution in [0.4, 0.5) is 5.69 Å². The van der Waals surface area contributed by atoms with Gasteiger partial charge in [0.15, 0.2) is 11.5 Å². The highest BCUT2D eigenvalue weighted by Gasteiger charge is 2.11. The number of anilines is 1. The molecule has 0 atom stereocenters. The number of furan rings is 1. The van der Waals surface area contributed by atoms with Crippen molar-refractivity contribution in [2.75, 3.05) is 5.73 Å². The predicted molar refractivity (Wildman–Crippen MR) is 74.6 cm³/mol. The van der Waals surface area contributed by atoms with Gasteiger partial charge in [0.2, 0.25) is 0 Å². The Hall–Kier alpha value is -2.49. The number of rotatable bonds is 3. The van der Waals surface area contributed by atoms with Gasteiger partial charge in [0, 0.05) is 6.20 Å². The highest BCUT2D eigenvalue weighted by molar-refractivity contribution is 5.67. The fourth-order valence-electron chi connectivity index (χ4n) is 2.12. The lowest BCUT2D eigenvalue weighted by atomic mass is 10.1. The smallest absolute Gasteiger partial charge is 0.156 e. The maximum Gasteiger partial charge on any atom is 0.156 e. The van der Waals surface area contributed by atoms with E-state index < -0.39 is 0 Å². The Morgan fingerprint density at radius 2 is 2.16 bits per heavy atom. The summed E-state index contributed by atoms with van der Waals surface area (Å²) in [6, 6.07) is 12.0. The van der Waals surface area contributed by atoms with Crippen molar-refractivity contribution in [3.63, 3.8) is 0 Å². The first-order chi connectivity index (χ1) is 9.22. The van der Waals surface area contributed by atoms with Gasteiger partial charge in [-0.05, 0) is 24.6 Å². The molecule has 0 unspecified atom stereocenters. The van der Waals surface area contributed by atoms with Crippen LogP contribution in [0.3, 0.4) is 0 Å². The van der Waals surface area contributed by atoms with Crippen LogP contribution in [-0.2, 0) is 6.54 Å². The Labute approximate surface area is 111 Å². The van der Waals surface area contributed by atoms with E-state index in [4.69, 9.17) is 10.2 Å². The quantitative estimate of drug-likeness (QED) is 0.780. The molecule has 4 nitrogen and oxygen atoms in total. The largest absolute Gasteiger partial charge is 0.463 e. The van der Waals surface area contributed by atoms with Gasteiger partial charge in [0.25, 0.3) is 0 Å². The van der Waals surface area contributed by atoms with Gasteiger partial charge in [-0.1, -0.05) is 29.8 Å². The fourth-order valence-corrected chi connectivity index (χ4v) is 2.12. The Bertz CT molecular complexity index is 683. The van der Waals surface area contributed by atoms with Crippen molar-refractivity contribution < 1.29 is 4.42 Å². The minimum Gasteiger partial charge on any atom is -0.463 e. The lowest BCUT2D eigenvalue weighted by molar-refractivity contribution is 0.576. The van der Waals surface area contributed by atoms with Crippen LogP contribution < -0.4 is 5.73 Å². The molecule has 0 aliphatic heterocycles. The van der Waals surface area contributed by atoms with E-state index in [1.54, 1.807) is 6.26 Å². The number of aromatic nitrogens is 2. The lowest BCUT2D eigenvalue weighted by Gasteiger charge is -2.02. The number of nitrogens with two attached hydrogens (primary N) is 1. The summed E-state index contributed by atoms with van der Waals surface area (Å²) in [5.41, 5.74) is 9.73. The van der Waals surface area contributed by atoms with E-state index in [2.05, 4.69) is 30.2 Å². The zero-order valence-corrected chi connectivity index (χ0v) is 10.7. The first-order valence-corrected chi connectivity index (χ1v) is 6.15. The average Bonchev–Trinajstić information content (AvgIpc) is 2.98. The second-order valence-electron chi connectivity index (χ2n) is 4.60. The van der Waals surface area contributed by atoms with Gasteiger partial charge in [-0.3, -0.25) is 4.68 Å². The van der Waals surface area contributed by atoms with Crippen LogP contribution in [-0.4, -0.2) is 9.78 Å². The van der Waals surface area contributed by atoms with E-state index in [0.717, 1.165) is 0 Å². The van der Waals surface area contributed by atoms with Crippen molar-refractivity contribution >= 4 is 5.69 Å². The van der Waals surface area contributed by atoms with Gasteiger partial charge in [-0.25, -0.2) is 0 Å². The number of nitrogen functional groups attached to an aromatic ring is 1. The second kappa shape index (κ2) is 4.65. The van der Waals surface area contributed by atoms with Crippen LogP contribution in [0.25, 0.3) is 11.5 Å². The molecule has 3 aromatic rings. The SMILES string of the molecule is Cc1cccc(Cn2cc(N)c(-c3ccco3)n2)c1. The zero-order valence-electron chi connectivity index (χ0n) is 10.7. The number of hydrogen-bond acceptors (Lipinski definition) is 3. The highest BCUT2D eigenvalue weighted by Crippen LogP contribution is 2.24. The topological polar surface area (TPSA) is 57.0 Å². The van der Waals surface area contributed by atoms with Crippen molar-refractivity contribution in [1.29, 1.82) is 0 Å². The van der Waals surface area contributed by atoms with Crippen molar-refractivity contribution in [1.82, 2.24) is 9.78 Å². The van der Waals surface area contributed by atoms with Crippen LogP contribution in [0.2, 0.25) is 0 Å². The summed E-state index contributed by atoms with van der Waals surface area (Å²) in [7, 11) is 0. The third-order valence-corrected chi connectivity index (χ3v) is 2.97. The van der Waals surface area contributed by atoms with Crippen LogP contribution in [0.1, 0.15) is 11.1 Å². The summed E-state index contributed by atoms with van der Waals surface area (Å²) in [5, 5.41) is 4.48. The van der Waals surface area contributed by atoms with E-state index in [9.17, 15) is 0 Å². The first-order valence-electron chi connectivity index (χ1n) is 6.15. The molecule has 0 aliphatic rings. The molecule has 0 spiro atoms. The lowest BCUT2D eigenvalue weighted by Crippen LogP contribution is -2.00. The predicted octanol–water partition coefficient (Wildman–Crippen LogP) is 3.08. The summed E-state index contributed by atoms with van der Waals surface area (Å²) in [6.45, 7) is 2.78. The second-order valence-corrected chi connectivity index (χ2v) is 4.60. The van der Waals surface area contributed by atoms with Crippen LogP contribution in [0.15, 0.2) is 53.3 Å². The standard InChI is InChI=1S/C15H15N3O/c1-11-4-2-5-12(8-11)9-18-10-13(16)15(17-18)14-6-3-7-19-14/h2-8,10H,9,16H2,1H3.